The number of nitrogens with zero attached hydrogens (tertiary/aromatic N) is 20. The summed E-state index contributed by atoms with van der Waals surface area (Å²) in [5.74, 6) is 4.48. The Hall–Kier alpha value is -12.4. The fraction of sp³-hybridized carbons (Fsp3) is 0.519. The monoisotopic (exact) mass is 1850 g/mol. The number of hydrogen-bond acceptors (Lipinski definition) is 24. The van der Waals surface area contributed by atoms with Gasteiger partial charge in [-0.2, -0.15) is 20.4 Å². The van der Waals surface area contributed by atoms with Gasteiger partial charge in [0.1, 0.15) is 45.7 Å². The lowest BCUT2D eigenvalue weighted by Crippen LogP contribution is -2.27. The molecule has 0 saturated heterocycles. The van der Waals surface area contributed by atoms with E-state index in [2.05, 4.69) is 113 Å². The molecule has 28 nitrogen and oxygen atoms in total. The first-order chi connectivity index (χ1) is 65.1. The molecule has 0 amide bonds. The minimum Gasteiger partial charge on any atom is -0.460 e. The zero-order valence-electron chi connectivity index (χ0n) is 82.8. The van der Waals surface area contributed by atoms with E-state index in [9.17, 15) is 19.2 Å². The van der Waals surface area contributed by atoms with Crippen LogP contribution in [-0.4, -0.2) is 145 Å². The smallest absolute Gasteiger partial charge is 0.308 e. The van der Waals surface area contributed by atoms with Crippen LogP contribution in [0.4, 0.5) is 0 Å². The maximum Gasteiger partial charge on any atom is 0.308 e. The summed E-state index contributed by atoms with van der Waals surface area (Å²) in [4.78, 5) is 104. The number of pyridine rings is 4. The molecule has 720 valence electrons. The molecule has 136 heavy (non-hydrogen) atoms. The van der Waals surface area contributed by atoms with Gasteiger partial charge < -0.3 is 18.9 Å². The van der Waals surface area contributed by atoms with Crippen LogP contribution in [0.15, 0.2) is 172 Å². The van der Waals surface area contributed by atoms with Gasteiger partial charge in [-0.1, -0.05) is 24.3 Å². The number of aryl methyl sites for hydroxylation is 12. The molecule has 0 N–H and O–H groups in total. The van der Waals surface area contributed by atoms with Crippen molar-refractivity contribution >= 4 is 23.9 Å². The van der Waals surface area contributed by atoms with E-state index in [1.165, 1.54) is 90.0 Å². The van der Waals surface area contributed by atoms with E-state index >= 15 is 0 Å². The number of ether oxygens (including phenoxy) is 4. The Balaban J connectivity index is 0.000000153. The van der Waals surface area contributed by atoms with Crippen LogP contribution in [0.1, 0.15) is 323 Å². The fourth-order valence-electron chi connectivity index (χ4n) is 18.5. The van der Waals surface area contributed by atoms with Gasteiger partial charge in [-0.25, -0.2) is 39.9 Å². The standard InChI is InChI=1S/4C27H35N5O2/c3*1-19-29-17-22(18-30-19)25(16-26(33)34-27(2,3)4)32-14-12-23(31-32)9-5-7-20-10-11-21-8-6-13-28-24(21)15-20;1-19-29-17-22(18-30-19)25(16-26(33)34-27(2,3)4)32-23(12-14-31-32)9-5-7-20-10-11-21-8-6-13-28-24(21)15-20/h4*6,8,12-14,17-18,20,25H,5,7,9-11,15-16H2,1-4H3/t20-,25?;20-,25+;20-,25-;20-,25?/m0000/s1. The van der Waals surface area contributed by atoms with E-state index in [0.717, 1.165) is 154 Å². The maximum absolute atomic E-state index is 12.7. The first kappa shape index (κ1) is 101. The highest BCUT2D eigenvalue weighted by atomic mass is 16.6. The molecule has 0 radical (unpaired) electrons. The minimum absolute atomic E-state index is 0.180. The highest BCUT2D eigenvalue weighted by molar-refractivity contribution is 5.72. The van der Waals surface area contributed by atoms with E-state index in [1.54, 1.807) is 49.6 Å². The van der Waals surface area contributed by atoms with E-state index in [0.29, 0.717) is 47.0 Å². The lowest BCUT2D eigenvalue weighted by atomic mass is 9.84. The predicted molar refractivity (Wildman–Crippen MR) is 521 cm³/mol. The number of fused-ring (bicyclic) bond motifs is 4. The van der Waals surface area contributed by atoms with E-state index < -0.39 is 22.4 Å². The summed E-state index contributed by atoms with van der Waals surface area (Å²) in [6.45, 7) is 29.9. The molecule has 12 aromatic rings. The van der Waals surface area contributed by atoms with Gasteiger partial charge >= 0.3 is 23.9 Å². The zero-order valence-corrected chi connectivity index (χ0v) is 82.8. The van der Waals surface area contributed by atoms with Crippen LogP contribution in [0.3, 0.4) is 0 Å². The van der Waals surface area contributed by atoms with Crippen LogP contribution in [0.25, 0.3) is 0 Å². The Morgan fingerprint density at radius 3 is 0.838 bits per heavy atom. The van der Waals surface area contributed by atoms with Crippen molar-refractivity contribution in [2.45, 2.75) is 337 Å². The number of hydrogen-bond donors (Lipinski definition) is 0. The third-order valence-electron chi connectivity index (χ3n) is 25.2. The molecular formula is C108H140N20O8. The third-order valence-corrected chi connectivity index (χ3v) is 25.2. The van der Waals surface area contributed by atoms with Gasteiger partial charge in [0, 0.05) is 150 Å². The molecule has 0 fully saturated rings. The minimum atomic E-state index is -0.536. The Morgan fingerprint density at radius 1 is 0.324 bits per heavy atom. The van der Waals surface area contributed by atoms with Crippen LogP contribution in [0.5, 0.6) is 0 Å². The Bertz CT molecular complexity index is 5400. The molecule has 0 saturated carbocycles. The Morgan fingerprint density at radius 2 is 0.574 bits per heavy atom. The van der Waals surface area contributed by atoms with Gasteiger partial charge in [-0.3, -0.25) is 57.8 Å². The lowest BCUT2D eigenvalue weighted by molar-refractivity contribution is -0.156. The summed E-state index contributed by atoms with van der Waals surface area (Å²) in [5, 5.41) is 19.1. The second-order valence-electron chi connectivity index (χ2n) is 41.0. The van der Waals surface area contributed by atoms with Crippen molar-refractivity contribution in [1.82, 2.24) is 98.9 Å². The van der Waals surface area contributed by atoms with Crippen molar-refractivity contribution in [3.63, 3.8) is 0 Å². The number of esters is 4. The third kappa shape index (κ3) is 31.6. The van der Waals surface area contributed by atoms with Crippen LogP contribution < -0.4 is 0 Å². The van der Waals surface area contributed by atoms with Crippen molar-refractivity contribution in [3.05, 3.63) is 285 Å². The van der Waals surface area contributed by atoms with Gasteiger partial charge in [-0.15, -0.1) is 0 Å². The summed E-state index contributed by atoms with van der Waals surface area (Å²) in [6.07, 6.45) is 56.6. The van der Waals surface area contributed by atoms with Crippen LogP contribution in [0.2, 0.25) is 0 Å². The van der Waals surface area contributed by atoms with Crippen LogP contribution in [-0.2, 0) is 115 Å². The van der Waals surface area contributed by atoms with Gasteiger partial charge in [0.05, 0.1) is 66.9 Å². The van der Waals surface area contributed by atoms with Crippen LogP contribution in [0, 0.1) is 51.4 Å². The van der Waals surface area contributed by atoms with Gasteiger partial charge in [0.2, 0.25) is 0 Å². The van der Waals surface area contributed by atoms with Gasteiger partial charge in [-0.05, 0) is 359 Å². The largest absolute Gasteiger partial charge is 0.460 e. The molecule has 4 aliphatic rings. The van der Waals surface area contributed by atoms with Crippen molar-refractivity contribution in [2.24, 2.45) is 23.7 Å². The molecule has 8 atom stereocenters. The molecule has 12 heterocycles. The summed E-state index contributed by atoms with van der Waals surface area (Å²) >= 11 is 0. The second-order valence-corrected chi connectivity index (χ2v) is 41.0. The first-order valence-electron chi connectivity index (χ1n) is 49.0. The maximum atomic E-state index is 12.7. The number of carbonyl (C=O) groups excluding carboxylic acids is 4. The Labute approximate surface area is 802 Å². The van der Waals surface area contributed by atoms with Crippen molar-refractivity contribution in [2.75, 3.05) is 0 Å². The van der Waals surface area contributed by atoms with E-state index in [1.807, 2.05) is 203 Å². The predicted octanol–water partition coefficient (Wildman–Crippen LogP) is 19.3. The quantitative estimate of drug-likeness (QED) is 0.0279. The number of aromatic nitrogens is 20. The van der Waals surface area contributed by atoms with Gasteiger partial charge in [0.25, 0.3) is 0 Å². The molecule has 12 aromatic heterocycles. The average Bonchev–Trinajstić information content (AvgIpc) is 1.68. The highest BCUT2D eigenvalue weighted by Gasteiger charge is 2.32. The molecule has 0 bridgehead atoms. The number of rotatable bonds is 32. The van der Waals surface area contributed by atoms with Gasteiger partial charge in [0.15, 0.2) is 0 Å². The van der Waals surface area contributed by atoms with Crippen molar-refractivity contribution in [3.8, 4) is 0 Å². The van der Waals surface area contributed by atoms with Crippen molar-refractivity contribution < 1.29 is 38.1 Å². The van der Waals surface area contributed by atoms with Crippen LogP contribution >= 0.6 is 0 Å². The topological polar surface area (TPSA) is 331 Å². The molecule has 16 rings (SSSR count). The Kier molecular flexibility index (Phi) is 35.2. The molecule has 0 spiro atoms. The average molecular weight is 1850 g/mol. The first-order valence-corrected chi connectivity index (χ1v) is 49.0. The SMILES string of the molecule is Cc1ncc(C(CC(=O)OC(C)(C)C)n2ccc(CCC[C@H]3CCc4cccnc4C3)n2)cn1.Cc1ncc(C(CC(=O)OC(C)(C)C)n2nccc2CCC[C@H]2CCc3cccnc3C2)cn1.Cc1ncc([C@@H](CC(=O)OC(C)(C)C)n2ccc(CCC[C@H]3CCc4cccnc4C3)n2)cn1.Cc1ncc([C@H](CC(=O)OC(C)(C)C)n2ccc(CCC[C@H]3CCc4cccnc4C3)n2)cn1. The van der Waals surface area contributed by atoms with E-state index in [4.69, 9.17) is 34.2 Å². The fourth-order valence-corrected chi connectivity index (χ4v) is 18.5. The number of carbonyl (C=O) groups is 4. The second kappa shape index (κ2) is 47.4. The normalized spacial score (nSPS) is 16.6. The van der Waals surface area contributed by atoms with E-state index in [-0.39, 0.29) is 73.7 Å². The van der Waals surface area contributed by atoms with Crippen molar-refractivity contribution in [1.29, 1.82) is 0 Å². The summed E-state index contributed by atoms with van der Waals surface area (Å²) in [5.41, 5.74) is 16.2. The molecule has 28 heteroatoms. The summed E-state index contributed by atoms with van der Waals surface area (Å²) < 4.78 is 29.9. The summed E-state index contributed by atoms with van der Waals surface area (Å²) in [7, 11) is 0. The highest BCUT2D eigenvalue weighted by Crippen LogP contribution is 2.36. The molecule has 0 aromatic carbocycles. The molecular weight excluding hydrogens is 1710 g/mol. The summed E-state index contributed by atoms with van der Waals surface area (Å²) in [6, 6.07) is 24.0. The lowest BCUT2D eigenvalue weighted by Gasteiger charge is -2.25. The molecule has 2 unspecified atom stereocenters. The molecule has 0 aliphatic heterocycles. The molecule has 4 aliphatic carbocycles. The zero-order chi connectivity index (χ0) is 96.5.